The van der Waals surface area contributed by atoms with Crippen LogP contribution in [-0.2, 0) is 19.1 Å². The van der Waals surface area contributed by atoms with Gasteiger partial charge in [0, 0.05) is 24.2 Å². The van der Waals surface area contributed by atoms with Gasteiger partial charge in [-0.15, -0.1) is 0 Å². The molecule has 4 amide bonds. The zero-order chi connectivity index (χ0) is 41.3. The van der Waals surface area contributed by atoms with Gasteiger partial charge in [0.05, 0.1) is 61.1 Å². The van der Waals surface area contributed by atoms with Gasteiger partial charge in [-0.2, -0.15) is 0 Å². The van der Waals surface area contributed by atoms with Gasteiger partial charge < -0.3 is 39.9 Å². The van der Waals surface area contributed by atoms with E-state index in [1.54, 1.807) is 6.20 Å². The molecule has 0 spiro atoms. The summed E-state index contributed by atoms with van der Waals surface area (Å²) < 4.78 is 9.76. The topological polar surface area (TPSA) is 188 Å². The minimum absolute atomic E-state index is 0.0677. The summed E-state index contributed by atoms with van der Waals surface area (Å²) in [4.78, 5) is 77.7. The van der Waals surface area contributed by atoms with E-state index in [0.29, 0.717) is 13.1 Å². The summed E-state index contributed by atoms with van der Waals surface area (Å²) in [6.07, 6.45) is 13.6. The van der Waals surface area contributed by atoms with Crippen LogP contribution in [0.5, 0.6) is 0 Å². The molecule has 60 heavy (non-hydrogen) atoms. The molecule has 4 atom stereocenters. The first-order valence-corrected chi connectivity index (χ1v) is 21.5. The molecule has 3 aromatic heterocycles. The van der Waals surface area contributed by atoms with Gasteiger partial charge in [0.2, 0.25) is 11.8 Å². The van der Waals surface area contributed by atoms with Crippen molar-refractivity contribution in [3.05, 3.63) is 66.5 Å². The Balaban J connectivity index is 0.903. The Labute approximate surface area is 348 Å². The number of ether oxygens (including phenoxy) is 2. The number of hydrogen-bond donors (Lipinski definition) is 4. The first-order valence-electron chi connectivity index (χ1n) is 21.5. The largest absolute Gasteiger partial charge is 0.453 e. The van der Waals surface area contributed by atoms with Crippen molar-refractivity contribution in [2.45, 2.75) is 101 Å². The number of H-pyrrole nitrogens is 2. The van der Waals surface area contributed by atoms with E-state index in [1.165, 1.54) is 14.2 Å². The monoisotopic (exact) mass is 815 g/mol. The van der Waals surface area contributed by atoms with Crippen LogP contribution in [-0.4, -0.2) is 98.1 Å². The molecule has 5 heterocycles. The number of nitrogens with one attached hydrogen (secondary N) is 4. The highest BCUT2D eigenvalue weighted by Crippen LogP contribution is 2.38. The van der Waals surface area contributed by atoms with Crippen LogP contribution in [0.4, 0.5) is 9.59 Å². The molecule has 314 valence electrons. The van der Waals surface area contributed by atoms with Crippen molar-refractivity contribution >= 4 is 45.8 Å². The molecule has 2 saturated heterocycles. The molecule has 0 unspecified atom stereocenters. The van der Waals surface area contributed by atoms with Crippen molar-refractivity contribution in [2.75, 3.05) is 27.3 Å². The fourth-order valence-corrected chi connectivity index (χ4v) is 10.2. The highest BCUT2D eigenvalue weighted by Gasteiger charge is 2.42. The number of benzene rings is 2. The van der Waals surface area contributed by atoms with E-state index < -0.39 is 24.3 Å². The molecule has 0 bridgehead atoms. The van der Waals surface area contributed by atoms with E-state index in [9.17, 15) is 19.2 Å². The van der Waals surface area contributed by atoms with Gasteiger partial charge in [-0.1, -0.05) is 49.9 Å². The summed E-state index contributed by atoms with van der Waals surface area (Å²) in [6, 6.07) is 12.9. The third-order valence-corrected chi connectivity index (χ3v) is 13.3. The number of aromatic nitrogens is 5. The summed E-state index contributed by atoms with van der Waals surface area (Å²) in [7, 11) is 2.65. The zero-order valence-corrected chi connectivity index (χ0v) is 34.2. The van der Waals surface area contributed by atoms with Gasteiger partial charge in [-0.05, 0) is 92.2 Å². The number of amides is 4. The molecular formula is C45H53N9O6. The number of imidazole rings is 2. The van der Waals surface area contributed by atoms with Gasteiger partial charge in [0.15, 0.2) is 0 Å². The predicted molar refractivity (Wildman–Crippen MR) is 224 cm³/mol. The minimum Gasteiger partial charge on any atom is -0.453 e. The van der Waals surface area contributed by atoms with Crippen LogP contribution in [0, 0.1) is 11.8 Å². The molecule has 2 aromatic carbocycles. The second-order valence-electron chi connectivity index (χ2n) is 16.9. The Bertz CT molecular complexity index is 2400. The molecule has 4 N–H and O–H groups in total. The molecule has 4 aliphatic rings. The normalized spacial score (nSPS) is 20.8. The van der Waals surface area contributed by atoms with Gasteiger partial charge in [0.1, 0.15) is 23.7 Å². The second kappa shape index (κ2) is 16.9. The average molecular weight is 816 g/mol. The lowest BCUT2D eigenvalue weighted by molar-refractivity contribution is -0.136. The SMILES string of the molecule is COC(=O)N[C@H](C(=O)N1CCC[C@H]1c1ncc(-c2ccc3cc(-c4cc5nc([C@@H]6CCCN6C(=O)[C@@H](NC(=O)OC)C6CCCC6)[nH]c5cn4)ccc3c2)[nH]1)C1CCCC1. The van der Waals surface area contributed by atoms with Crippen LogP contribution in [0.3, 0.4) is 0 Å². The predicted octanol–water partition coefficient (Wildman–Crippen LogP) is 7.32. The number of aromatic amines is 2. The van der Waals surface area contributed by atoms with E-state index in [-0.39, 0.29) is 35.7 Å². The maximum Gasteiger partial charge on any atom is 0.407 e. The van der Waals surface area contributed by atoms with E-state index in [1.807, 2.05) is 22.1 Å². The van der Waals surface area contributed by atoms with Crippen LogP contribution in [0.1, 0.15) is 101 Å². The number of methoxy groups -OCH3 is 2. The average Bonchev–Trinajstić information content (AvgIpc) is 4.12. The van der Waals surface area contributed by atoms with Crippen molar-refractivity contribution in [2.24, 2.45) is 11.8 Å². The number of hydrogen-bond acceptors (Lipinski definition) is 9. The number of alkyl carbamates (subject to hydrolysis) is 2. The lowest BCUT2D eigenvalue weighted by Gasteiger charge is -2.31. The third kappa shape index (κ3) is 7.77. The highest BCUT2D eigenvalue weighted by atomic mass is 16.5. The van der Waals surface area contributed by atoms with E-state index in [0.717, 1.165) is 133 Å². The van der Waals surface area contributed by atoms with Crippen LogP contribution in [0.2, 0.25) is 0 Å². The first kappa shape index (κ1) is 39.5. The molecular weight excluding hydrogens is 763 g/mol. The Morgan fingerprint density at radius 1 is 0.650 bits per heavy atom. The molecule has 2 saturated carbocycles. The molecule has 2 aliphatic heterocycles. The minimum atomic E-state index is -0.613. The zero-order valence-electron chi connectivity index (χ0n) is 34.2. The maximum atomic E-state index is 14.0. The number of pyridine rings is 1. The number of carbonyl (C=O) groups excluding carboxylic acids is 4. The Morgan fingerprint density at radius 3 is 1.78 bits per heavy atom. The van der Waals surface area contributed by atoms with Crippen LogP contribution >= 0.6 is 0 Å². The molecule has 9 rings (SSSR count). The standard InChI is InChI=1S/C45H53N9O6/c1-59-44(57)51-38(26-9-3-4-10-26)42(55)53-19-7-13-36(53)40-47-24-34(49-40)31-18-16-28-21-30(17-15-29(28)22-31)32-23-33-35(25-46-32)50-41(48-33)37-14-8-20-54(37)43(56)39(52-45(58)60-2)27-11-5-6-12-27/h15-18,21-27,36-39H,3-14,19-20H2,1-2H3,(H,47,49)(H,48,50)(H,51,57)(H,52,58)/t36-,37-,38-,39-/m0/s1. The second-order valence-corrected chi connectivity index (χ2v) is 16.9. The summed E-state index contributed by atoms with van der Waals surface area (Å²) in [5.74, 6) is 1.52. The van der Waals surface area contributed by atoms with Crippen molar-refractivity contribution in [1.29, 1.82) is 0 Å². The fraction of sp³-hybridized carbons (Fsp3) is 0.489. The summed E-state index contributed by atoms with van der Waals surface area (Å²) in [6.45, 7) is 1.22. The summed E-state index contributed by atoms with van der Waals surface area (Å²) in [5.41, 5.74) is 5.18. The molecule has 0 radical (unpaired) electrons. The highest BCUT2D eigenvalue weighted by molar-refractivity contribution is 5.91. The molecule has 5 aromatic rings. The fourth-order valence-electron chi connectivity index (χ4n) is 10.2. The van der Waals surface area contributed by atoms with E-state index >= 15 is 0 Å². The Kier molecular flexibility index (Phi) is 11.1. The van der Waals surface area contributed by atoms with E-state index in [2.05, 4.69) is 57.0 Å². The number of fused-ring (bicyclic) bond motifs is 2. The molecule has 4 fully saturated rings. The summed E-state index contributed by atoms with van der Waals surface area (Å²) >= 11 is 0. The van der Waals surface area contributed by atoms with Crippen molar-refractivity contribution in [1.82, 2.24) is 45.4 Å². The molecule has 15 nitrogen and oxygen atoms in total. The summed E-state index contributed by atoms with van der Waals surface area (Å²) in [5, 5.41) is 7.80. The molecule has 2 aliphatic carbocycles. The van der Waals surface area contributed by atoms with Gasteiger partial charge in [-0.25, -0.2) is 19.6 Å². The quantitative estimate of drug-likeness (QED) is 0.112. The number of likely N-dealkylation sites (tertiary alicyclic amines) is 2. The van der Waals surface area contributed by atoms with Crippen LogP contribution < -0.4 is 10.6 Å². The van der Waals surface area contributed by atoms with Crippen molar-refractivity contribution in [3.8, 4) is 22.5 Å². The molecule has 15 heteroatoms. The van der Waals surface area contributed by atoms with Crippen LogP contribution in [0.25, 0.3) is 44.3 Å². The van der Waals surface area contributed by atoms with Gasteiger partial charge >= 0.3 is 12.2 Å². The third-order valence-electron chi connectivity index (χ3n) is 13.3. The number of rotatable bonds is 10. The van der Waals surface area contributed by atoms with E-state index in [4.69, 9.17) is 24.4 Å². The Morgan fingerprint density at radius 2 is 1.20 bits per heavy atom. The van der Waals surface area contributed by atoms with Crippen LogP contribution in [0.15, 0.2) is 54.9 Å². The van der Waals surface area contributed by atoms with Gasteiger partial charge in [0.25, 0.3) is 0 Å². The number of nitrogens with zero attached hydrogens (tertiary/aromatic N) is 5. The first-order chi connectivity index (χ1) is 29.3. The smallest absolute Gasteiger partial charge is 0.407 e. The van der Waals surface area contributed by atoms with Gasteiger partial charge in [-0.3, -0.25) is 14.6 Å². The lowest BCUT2D eigenvalue weighted by Crippen LogP contribution is -2.51. The van der Waals surface area contributed by atoms with Crippen molar-refractivity contribution in [3.63, 3.8) is 0 Å². The number of carbonyl (C=O) groups is 4. The van der Waals surface area contributed by atoms with Crippen molar-refractivity contribution < 1.29 is 28.7 Å². The Hall–Kier alpha value is -5.99. The lowest BCUT2D eigenvalue weighted by atomic mass is 9.96. The maximum absolute atomic E-state index is 14.0.